The number of fused-ring (bicyclic) bond motifs is 1. The molecule has 3 aromatic heterocycles. The van der Waals surface area contributed by atoms with Gasteiger partial charge in [0, 0.05) is 41.2 Å². The second-order valence-corrected chi connectivity index (χ2v) is 10.0. The van der Waals surface area contributed by atoms with Crippen LogP contribution in [0.15, 0.2) is 47.7 Å². The summed E-state index contributed by atoms with van der Waals surface area (Å²) in [6.45, 7) is 6.06. The molecule has 9 heteroatoms. The third kappa shape index (κ3) is 4.89. The first-order chi connectivity index (χ1) is 18.3. The van der Waals surface area contributed by atoms with Crippen LogP contribution >= 0.6 is 0 Å². The normalized spacial score (nSPS) is 17.8. The Labute approximate surface area is 222 Å². The summed E-state index contributed by atoms with van der Waals surface area (Å²) in [5.74, 6) is 1.16. The predicted octanol–water partition coefficient (Wildman–Crippen LogP) is 4.62. The van der Waals surface area contributed by atoms with E-state index in [1.807, 2.05) is 30.6 Å². The molecule has 198 valence electrons. The number of rotatable bonds is 7. The molecule has 6 N–H and O–H groups in total. The van der Waals surface area contributed by atoms with E-state index in [2.05, 4.69) is 23.3 Å². The zero-order chi connectivity index (χ0) is 27.0. The molecule has 0 bridgehead atoms. The maximum atomic E-state index is 9.90. The van der Waals surface area contributed by atoms with Crippen molar-refractivity contribution in [1.29, 1.82) is 0 Å². The van der Waals surface area contributed by atoms with E-state index in [-0.39, 0.29) is 17.8 Å². The molecule has 0 aliphatic heterocycles. The van der Waals surface area contributed by atoms with Crippen LogP contribution in [-0.4, -0.2) is 44.7 Å². The van der Waals surface area contributed by atoms with Gasteiger partial charge in [0.15, 0.2) is 0 Å². The number of phenols is 1. The summed E-state index contributed by atoms with van der Waals surface area (Å²) in [6, 6.07) is 9.60. The molecule has 1 aliphatic carbocycles. The van der Waals surface area contributed by atoms with Crippen molar-refractivity contribution in [1.82, 2.24) is 14.6 Å². The number of amidine groups is 1. The quantitative estimate of drug-likeness (QED) is 0.209. The minimum absolute atomic E-state index is 0.182. The number of ether oxygens (including phenoxy) is 1. The number of anilines is 1. The number of phenolic OH excluding ortho intramolecular Hbond substituents is 1. The highest BCUT2D eigenvalue weighted by Crippen LogP contribution is 2.35. The molecule has 5 rings (SSSR count). The lowest BCUT2D eigenvalue weighted by Gasteiger charge is -2.18. The highest BCUT2D eigenvalue weighted by molar-refractivity contribution is 6.06. The van der Waals surface area contributed by atoms with E-state index in [0.717, 1.165) is 76.1 Å². The molecule has 38 heavy (non-hydrogen) atoms. The van der Waals surface area contributed by atoms with Gasteiger partial charge >= 0.3 is 0 Å². The molecule has 0 amide bonds. The lowest BCUT2D eigenvalue weighted by atomic mass is 10.0. The number of hydrogen-bond donors (Lipinski definition) is 4. The van der Waals surface area contributed by atoms with E-state index in [1.165, 1.54) is 0 Å². The Morgan fingerprint density at radius 2 is 2.05 bits per heavy atom. The number of nitrogens with one attached hydrogen (secondary N) is 1. The van der Waals surface area contributed by atoms with Crippen molar-refractivity contribution in [3.63, 3.8) is 0 Å². The molecule has 0 spiro atoms. The summed E-state index contributed by atoms with van der Waals surface area (Å²) in [6.07, 6.45) is 7.34. The molecule has 0 saturated heterocycles. The van der Waals surface area contributed by atoms with Gasteiger partial charge in [-0.25, -0.2) is 14.5 Å². The van der Waals surface area contributed by atoms with Gasteiger partial charge in [0.25, 0.3) is 0 Å². The molecule has 1 aliphatic rings. The van der Waals surface area contributed by atoms with Gasteiger partial charge in [-0.3, -0.25) is 0 Å². The van der Waals surface area contributed by atoms with E-state index in [9.17, 15) is 5.11 Å². The molecular weight excluding hydrogens is 478 g/mol. The van der Waals surface area contributed by atoms with Crippen molar-refractivity contribution in [2.75, 3.05) is 12.4 Å². The number of aryl methyl sites for hydroxylation is 3. The molecule has 2 atom stereocenters. The zero-order valence-corrected chi connectivity index (χ0v) is 22.3. The van der Waals surface area contributed by atoms with Crippen LogP contribution in [0.3, 0.4) is 0 Å². The highest BCUT2D eigenvalue weighted by Gasteiger charge is 2.25. The first kappa shape index (κ1) is 25.5. The Kier molecular flexibility index (Phi) is 6.94. The summed E-state index contributed by atoms with van der Waals surface area (Å²) >= 11 is 0. The van der Waals surface area contributed by atoms with E-state index >= 15 is 0 Å². The third-order valence-electron chi connectivity index (χ3n) is 7.29. The number of pyridine rings is 1. The van der Waals surface area contributed by atoms with Crippen molar-refractivity contribution in [3.05, 3.63) is 65.1 Å². The van der Waals surface area contributed by atoms with Crippen molar-refractivity contribution < 1.29 is 9.84 Å². The van der Waals surface area contributed by atoms with Gasteiger partial charge < -0.3 is 26.6 Å². The van der Waals surface area contributed by atoms with Crippen LogP contribution in [-0.2, 0) is 6.42 Å². The van der Waals surface area contributed by atoms with Gasteiger partial charge in [-0.15, -0.1) is 0 Å². The summed E-state index contributed by atoms with van der Waals surface area (Å²) in [7, 11) is 1.62. The molecular formula is C29H35N7O2. The Balaban J connectivity index is 1.65. The minimum atomic E-state index is 0.182. The van der Waals surface area contributed by atoms with Crippen LogP contribution in [0.4, 0.5) is 11.4 Å². The second-order valence-electron chi connectivity index (χ2n) is 10.0. The van der Waals surface area contributed by atoms with Gasteiger partial charge in [-0.2, -0.15) is 5.10 Å². The van der Waals surface area contributed by atoms with Crippen LogP contribution in [0.5, 0.6) is 11.6 Å². The summed E-state index contributed by atoms with van der Waals surface area (Å²) < 4.78 is 7.22. The molecule has 4 aromatic rings. The van der Waals surface area contributed by atoms with Crippen LogP contribution in [0.25, 0.3) is 16.6 Å². The highest BCUT2D eigenvalue weighted by atomic mass is 16.5. The van der Waals surface area contributed by atoms with Crippen molar-refractivity contribution >= 4 is 22.7 Å². The number of benzene rings is 1. The topological polar surface area (TPSA) is 136 Å². The van der Waals surface area contributed by atoms with Crippen LogP contribution in [0.1, 0.15) is 48.6 Å². The number of aliphatic imine (C=N–C) groups is 1. The Hall–Kier alpha value is -4.11. The SMILES string of the molecule is CCc1cc(O)ccc1/N=C(\N)c1cnn2cc(-c3c(C)cc(OC)nc3C)cc2c1N[C@@H]1CC[C@H](N)C1. The van der Waals surface area contributed by atoms with Crippen molar-refractivity contribution in [2.45, 2.75) is 58.5 Å². The van der Waals surface area contributed by atoms with Crippen LogP contribution in [0.2, 0.25) is 0 Å². The van der Waals surface area contributed by atoms with E-state index in [0.29, 0.717) is 11.7 Å². The van der Waals surface area contributed by atoms with E-state index in [4.69, 9.17) is 26.3 Å². The van der Waals surface area contributed by atoms with Crippen LogP contribution < -0.4 is 21.5 Å². The van der Waals surface area contributed by atoms with E-state index < -0.39 is 0 Å². The lowest BCUT2D eigenvalue weighted by molar-refractivity contribution is 0.396. The number of nitrogens with zero attached hydrogens (tertiary/aromatic N) is 4. The fraction of sp³-hybridized carbons (Fsp3) is 0.345. The smallest absolute Gasteiger partial charge is 0.213 e. The van der Waals surface area contributed by atoms with Gasteiger partial charge in [0.2, 0.25) is 5.88 Å². The summed E-state index contributed by atoms with van der Waals surface area (Å²) in [5.41, 5.74) is 21.0. The number of nitrogens with two attached hydrogens (primary N) is 2. The maximum absolute atomic E-state index is 9.90. The number of aromatic hydroxyl groups is 1. The monoisotopic (exact) mass is 513 g/mol. The third-order valence-corrected chi connectivity index (χ3v) is 7.29. The minimum Gasteiger partial charge on any atom is -0.508 e. The van der Waals surface area contributed by atoms with Crippen molar-refractivity contribution in [2.24, 2.45) is 16.5 Å². The predicted molar refractivity (Wildman–Crippen MR) is 152 cm³/mol. The maximum Gasteiger partial charge on any atom is 0.213 e. The molecule has 0 radical (unpaired) electrons. The molecule has 1 aromatic carbocycles. The van der Waals surface area contributed by atoms with Crippen molar-refractivity contribution in [3.8, 4) is 22.8 Å². The van der Waals surface area contributed by atoms with Gasteiger partial charge in [-0.1, -0.05) is 6.92 Å². The largest absolute Gasteiger partial charge is 0.508 e. The van der Waals surface area contributed by atoms with Gasteiger partial charge in [0.1, 0.15) is 11.6 Å². The fourth-order valence-electron chi connectivity index (χ4n) is 5.38. The van der Waals surface area contributed by atoms with Crippen LogP contribution in [0, 0.1) is 13.8 Å². The summed E-state index contributed by atoms with van der Waals surface area (Å²) in [4.78, 5) is 9.35. The molecule has 1 saturated carbocycles. The first-order valence-electron chi connectivity index (χ1n) is 13.0. The molecule has 3 heterocycles. The fourth-order valence-corrected chi connectivity index (χ4v) is 5.38. The second kappa shape index (κ2) is 10.3. The van der Waals surface area contributed by atoms with E-state index in [1.54, 1.807) is 31.5 Å². The average Bonchev–Trinajstić information content (AvgIpc) is 3.50. The summed E-state index contributed by atoms with van der Waals surface area (Å²) in [5, 5.41) is 18.3. The number of hydrogen-bond acceptors (Lipinski definition) is 7. The lowest BCUT2D eigenvalue weighted by Crippen LogP contribution is -2.24. The zero-order valence-electron chi connectivity index (χ0n) is 22.3. The Morgan fingerprint density at radius 1 is 1.24 bits per heavy atom. The van der Waals surface area contributed by atoms with Gasteiger partial charge in [0.05, 0.1) is 35.8 Å². The number of aromatic nitrogens is 3. The number of methoxy groups -OCH3 is 1. The Morgan fingerprint density at radius 3 is 2.74 bits per heavy atom. The standard InChI is InChI=1S/C29H35N7O2/c1-5-18-11-22(37)8-9-24(18)35-29(31)23-14-32-36-15-19(27-16(2)10-26(38-4)33-17(27)3)12-25(36)28(23)34-21-7-6-20(30)13-21/h8-12,14-15,20-21,34,37H,5-7,13,30H2,1-4H3,(H2,31,35)/t20-,21+/m0/s1. The van der Waals surface area contributed by atoms with Gasteiger partial charge in [-0.05, 0) is 74.9 Å². The molecule has 0 unspecified atom stereocenters. The molecule has 1 fully saturated rings. The first-order valence-corrected chi connectivity index (χ1v) is 13.0. The molecule has 9 nitrogen and oxygen atoms in total. The Bertz CT molecular complexity index is 1500. The average molecular weight is 514 g/mol.